The van der Waals surface area contributed by atoms with E-state index < -0.39 is 6.03 Å². The topological polar surface area (TPSA) is 74.3 Å². The summed E-state index contributed by atoms with van der Waals surface area (Å²) in [6, 6.07) is 7.73. The first-order valence-electron chi connectivity index (χ1n) is 9.00. The highest BCUT2D eigenvalue weighted by atomic mass is 32.1. The monoisotopic (exact) mass is 374 g/mol. The van der Waals surface area contributed by atoms with E-state index in [-0.39, 0.29) is 18.0 Å². The largest absolute Gasteiger partial charge is 0.333 e. The molecule has 1 saturated heterocycles. The summed E-state index contributed by atoms with van der Waals surface area (Å²) >= 11 is 1.74. The van der Waals surface area contributed by atoms with Crippen LogP contribution in [0.2, 0.25) is 0 Å². The molecule has 1 aliphatic heterocycles. The minimum atomic E-state index is -0.442. The van der Waals surface area contributed by atoms with Crippen molar-refractivity contribution < 1.29 is 9.59 Å². The van der Waals surface area contributed by atoms with Crippen molar-refractivity contribution in [1.29, 1.82) is 0 Å². The number of imide groups is 1. The molecule has 140 valence electrons. The van der Waals surface area contributed by atoms with Crippen molar-refractivity contribution in [2.75, 3.05) is 19.6 Å². The second kappa shape index (κ2) is 7.72. The van der Waals surface area contributed by atoms with Crippen LogP contribution in [-0.4, -0.2) is 47.0 Å². The van der Waals surface area contributed by atoms with Crippen molar-refractivity contribution in [2.24, 2.45) is 0 Å². The maximum absolute atomic E-state index is 12.2. The molecule has 2 aromatic rings. The van der Waals surface area contributed by atoms with Gasteiger partial charge in [0.15, 0.2) is 0 Å². The Morgan fingerprint density at radius 1 is 1.31 bits per heavy atom. The first-order valence-corrected chi connectivity index (χ1v) is 9.81. The van der Waals surface area contributed by atoms with Crippen molar-refractivity contribution in [3.8, 4) is 0 Å². The minimum Gasteiger partial charge on any atom is -0.333 e. The normalized spacial score (nSPS) is 18.7. The van der Waals surface area contributed by atoms with Crippen LogP contribution in [0.15, 0.2) is 24.3 Å². The van der Waals surface area contributed by atoms with Gasteiger partial charge in [0.1, 0.15) is 0 Å². The number of likely N-dealkylation sites (tertiary alicyclic amines) is 1. The van der Waals surface area contributed by atoms with Gasteiger partial charge in [0.25, 0.3) is 0 Å². The maximum Gasteiger partial charge on any atom is 0.321 e. The van der Waals surface area contributed by atoms with E-state index in [9.17, 15) is 9.59 Å². The van der Waals surface area contributed by atoms with Gasteiger partial charge in [-0.2, -0.15) is 0 Å². The highest BCUT2D eigenvalue weighted by Crippen LogP contribution is 2.32. The van der Waals surface area contributed by atoms with E-state index in [2.05, 4.69) is 21.6 Å². The summed E-state index contributed by atoms with van der Waals surface area (Å²) in [4.78, 5) is 30.9. The van der Waals surface area contributed by atoms with Crippen LogP contribution in [0.1, 0.15) is 44.5 Å². The molecule has 0 saturated carbocycles. The summed E-state index contributed by atoms with van der Waals surface area (Å²) in [5.74, 6) is 0.0778. The van der Waals surface area contributed by atoms with E-state index in [0.29, 0.717) is 5.92 Å². The van der Waals surface area contributed by atoms with Gasteiger partial charge in [-0.25, -0.2) is 9.78 Å². The number of benzene rings is 1. The molecule has 0 radical (unpaired) electrons. The zero-order valence-electron chi connectivity index (χ0n) is 15.5. The lowest BCUT2D eigenvalue weighted by atomic mass is 9.99. The average molecular weight is 375 g/mol. The van der Waals surface area contributed by atoms with Crippen LogP contribution in [-0.2, 0) is 4.79 Å². The molecule has 6 nitrogen and oxygen atoms in total. The number of piperidine rings is 1. The Hall–Kier alpha value is -1.99. The molecule has 1 fully saturated rings. The molecular weight excluding hydrogens is 348 g/mol. The Morgan fingerprint density at radius 2 is 2.08 bits per heavy atom. The summed E-state index contributed by atoms with van der Waals surface area (Å²) in [7, 11) is 0. The predicted molar refractivity (Wildman–Crippen MR) is 104 cm³/mol. The molecule has 2 heterocycles. The van der Waals surface area contributed by atoms with Gasteiger partial charge in [-0.3, -0.25) is 15.0 Å². The SMILES string of the molecule is CC(C)(C)NC(=O)NC(=O)CN1CCC[C@@H](c2nc3ccccc3s2)C1. The average Bonchev–Trinajstić information content (AvgIpc) is 2.97. The van der Waals surface area contributed by atoms with Gasteiger partial charge in [0.2, 0.25) is 5.91 Å². The number of hydrogen-bond acceptors (Lipinski definition) is 5. The molecule has 2 N–H and O–H groups in total. The van der Waals surface area contributed by atoms with E-state index in [1.165, 1.54) is 4.70 Å². The zero-order valence-corrected chi connectivity index (χ0v) is 16.4. The molecule has 0 spiro atoms. The second-order valence-electron chi connectivity index (χ2n) is 7.85. The van der Waals surface area contributed by atoms with Crippen LogP contribution in [0.25, 0.3) is 10.2 Å². The lowest BCUT2D eigenvalue weighted by Crippen LogP contribution is -2.51. The molecule has 3 amide bonds. The zero-order chi connectivity index (χ0) is 18.7. The lowest BCUT2D eigenvalue weighted by molar-refractivity contribution is -0.121. The number of carbonyl (C=O) groups excluding carboxylic acids is 2. The molecule has 26 heavy (non-hydrogen) atoms. The third-order valence-corrected chi connectivity index (χ3v) is 5.47. The Bertz CT molecular complexity index is 763. The Morgan fingerprint density at radius 3 is 2.81 bits per heavy atom. The Labute approximate surface area is 158 Å². The van der Waals surface area contributed by atoms with Gasteiger partial charge in [-0.15, -0.1) is 11.3 Å². The summed E-state index contributed by atoms with van der Waals surface area (Å²) in [5, 5.41) is 6.30. The van der Waals surface area contributed by atoms with Gasteiger partial charge in [-0.05, 0) is 52.3 Å². The van der Waals surface area contributed by atoms with Crippen molar-refractivity contribution in [2.45, 2.75) is 45.1 Å². The number of thiazole rings is 1. The maximum atomic E-state index is 12.2. The fourth-order valence-electron chi connectivity index (χ4n) is 3.21. The third-order valence-electron chi connectivity index (χ3n) is 4.27. The summed E-state index contributed by atoms with van der Waals surface area (Å²) in [6.07, 6.45) is 2.12. The van der Waals surface area contributed by atoms with E-state index >= 15 is 0 Å². The van der Waals surface area contributed by atoms with Gasteiger partial charge in [0.05, 0.1) is 21.8 Å². The second-order valence-corrected chi connectivity index (χ2v) is 8.91. The van der Waals surface area contributed by atoms with Gasteiger partial charge in [0, 0.05) is 18.0 Å². The molecule has 7 heteroatoms. The quantitative estimate of drug-likeness (QED) is 0.866. The van der Waals surface area contributed by atoms with Crippen LogP contribution in [0.5, 0.6) is 0 Å². The number of para-hydroxylation sites is 1. The lowest BCUT2D eigenvalue weighted by Gasteiger charge is -2.31. The Balaban J connectivity index is 1.56. The van der Waals surface area contributed by atoms with Gasteiger partial charge < -0.3 is 5.32 Å². The molecule has 1 aromatic carbocycles. The molecule has 3 rings (SSSR count). The Kier molecular flexibility index (Phi) is 5.58. The highest BCUT2D eigenvalue weighted by Gasteiger charge is 2.26. The number of aromatic nitrogens is 1. The number of fused-ring (bicyclic) bond motifs is 1. The van der Waals surface area contributed by atoms with Crippen LogP contribution < -0.4 is 10.6 Å². The van der Waals surface area contributed by atoms with E-state index in [0.717, 1.165) is 36.5 Å². The smallest absolute Gasteiger partial charge is 0.321 e. The third kappa shape index (κ3) is 5.02. The molecule has 0 unspecified atom stereocenters. The summed E-state index contributed by atoms with van der Waals surface area (Å²) in [5.41, 5.74) is 0.675. The van der Waals surface area contributed by atoms with E-state index in [4.69, 9.17) is 4.98 Å². The molecule has 0 aliphatic carbocycles. The summed E-state index contributed by atoms with van der Waals surface area (Å²) in [6.45, 7) is 7.54. The first-order chi connectivity index (χ1) is 12.3. The summed E-state index contributed by atoms with van der Waals surface area (Å²) < 4.78 is 1.20. The number of nitrogens with zero attached hydrogens (tertiary/aromatic N) is 2. The van der Waals surface area contributed by atoms with Crippen molar-refractivity contribution in [3.05, 3.63) is 29.3 Å². The number of nitrogens with one attached hydrogen (secondary N) is 2. The number of amides is 3. The number of carbonyl (C=O) groups is 2. The number of urea groups is 1. The van der Waals surface area contributed by atoms with Crippen LogP contribution in [0, 0.1) is 0 Å². The number of hydrogen-bond donors (Lipinski definition) is 2. The molecular formula is C19H26N4O2S. The van der Waals surface area contributed by atoms with Crippen molar-refractivity contribution in [1.82, 2.24) is 20.5 Å². The van der Waals surface area contributed by atoms with Crippen LogP contribution in [0.3, 0.4) is 0 Å². The molecule has 1 atom stereocenters. The van der Waals surface area contributed by atoms with Crippen LogP contribution >= 0.6 is 11.3 Å². The van der Waals surface area contributed by atoms with Crippen LogP contribution in [0.4, 0.5) is 4.79 Å². The number of rotatable bonds is 3. The van der Waals surface area contributed by atoms with Gasteiger partial charge >= 0.3 is 6.03 Å². The van der Waals surface area contributed by atoms with Crippen molar-refractivity contribution in [3.63, 3.8) is 0 Å². The standard InChI is InChI=1S/C19H26N4O2S/c1-19(2,3)22-18(25)21-16(24)12-23-10-6-7-13(11-23)17-20-14-8-4-5-9-15(14)26-17/h4-5,8-9,13H,6-7,10-12H2,1-3H3,(H2,21,22,24,25)/t13-/m1/s1. The van der Waals surface area contributed by atoms with Crippen molar-refractivity contribution >= 4 is 33.5 Å². The first kappa shape index (κ1) is 18.8. The molecule has 1 aromatic heterocycles. The molecule has 1 aliphatic rings. The van der Waals surface area contributed by atoms with E-state index in [1.807, 2.05) is 39.0 Å². The van der Waals surface area contributed by atoms with Gasteiger partial charge in [-0.1, -0.05) is 12.1 Å². The van der Waals surface area contributed by atoms with E-state index in [1.54, 1.807) is 11.3 Å². The predicted octanol–water partition coefficient (Wildman–Crippen LogP) is 3.10. The fraction of sp³-hybridized carbons (Fsp3) is 0.526. The minimum absolute atomic E-state index is 0.235. The fourth-order valence-corrected chi connectivity index (χ4v) is 4.30. The highest BCUT2D eigenvalue weighted by molar-refractivity contribution is 7.18. The molecule has 0 bridgehead atoms.